The van der Waals surface area contributed by atoms with Gasteiger partial charge in [-0.05, 0) is 43.5 Å². The minimum Gasteiger partial charge on any atom is -0.437 e. The average Bonchev–Trinajstić information content (AvgIpc) is 2.64. The highest BCUT2D eigenvalue weighted by Crippen LogP contribution is 2.41. The van der Waals surface area contributed by atoms with E-state index in [1.165, 1.54) is 0 Å². The highest BCUT2D eigenvalue weighted by Gasteiger charge is 2.43. The summed E-state index contributed by atoms with van der Waals surface area (Å²) in [4.78, 5) is 14.8. The Morgan fingerprint density at radius 3 is 2.59 bits per heavy atom. The Morgan fingerprint density at radius 1 is 1.30 bits per heavy atom. The summed E-state index contributed by atoms with van der Waals surface area (Å²) in [7, 11) is 0. The van der Waals surface area contributed by atoms with Crippen molar-refractivity contribution in [3.05, 3.63) is 81.8 Å². The molecule has 142 valence electrons. The summed E-state index contributed by atoms with van der Waals surface area (Å²) in [5, 5.41) is 0. The second-order valence-electron chi connectivity index (χ2n) is 7.49. The van der Waals surface area contributed by atoms with Crippen LogP contribution in [0.1, 0.15) is 49.4 Å². The number of hydrogen-bond acceptors (Lipinski definition) is 2. The number of amides is 1. The van der Waals surface area contributed by atoms with E-state index in [9.17, 15) is 4.79 Å². The van der Waals surface area contributed by atoms with Gasteiger partial charge >= 0.3 is 6.09 Å². The van der Waals surface area contributed by atoms with Crippen LogP contribution in [-0.4, -0.2) is 17.5 Å². The molecule has 27 heavy (non-hydrogen) atoms. The number of halogens is 1. The van der Waals surface area contributed by atoms with Crippen LogP contribution in [0, 0.1) is 6.92 Å². The number of carbonyl (C=O) groups is 1. The fourth-order valence-corrected chi connectivity index (χ4v) is 4.03. The van der Waals surface area contributed by atoms with E-state index < -0.39 is 5.60 Å². The van der Waals surface area contributed by atoms with Crippen LogP contribution >= 0.6 is 15.9 Å². The predicted molar refractivity (Wildman–Crippen MR) is 113 cm³/mol. The van der Waals surface area contributed by atoms with Crippen molar-refractivity contribution in [2.24, 2.45) is 0 Å². The lowest BCUT2D eigenvalue weighted by atomic mass is 9.83. The van der Waals surface area contributed by atoms with E-state index in [-0.39, 0.29) is 12.1 Å². The standard InChI is InChI=1S/C23H26BrNO2/c1-16(2)15-23(20-8-6-5-7-9-20)12-13-25(22(26)27-23)18(4)19-10-11-21(24)17(3)14-19/h5-11,14,18H,1,12-13,15H2,2-4H3/t18-,23-/m0/s1. The van der Waals surface area contributed by atoms with Gasteiger partial charge in [-0.25, -0.2) is 4.79 Å². The van der Waals surface area contributed by atoms with Crippen molar-refractivity contribution in [2.75, 3.05) is 6.54 Å². The Labute approximate surface area is 170 Å². The van der Waals surface area contributed by atoms with Crippen LogP contribution in [0.4, 0.5) is 4.79 Å². The summed E-state index contributed by atoms with van der Waals surface area (Å²) >= 11 is 3.54. The van der Waals surface area contributed by atoms with Crippen LogP contribution in [-0.2, 0) is 10.3 Å². The zero-order valence-corrected chi connectivity index (χ0v) is 17.8. The zero-order valence-electron chi connectivity index (χ0n) is 16.2. The van der Waals surface area contributed by atoms with Crippen LogP contribution in [0.2, 0.25) is 0 Å². The molecule has 3 nitrogen and oxygen atoms in total. The molecule has 4 heteroatoms. The van der Waals surface area contributed by atoms with Crippen LogP contribution in [0.25, 0.3) is 0 Å². The first-order valence-electron chi connectivity index (χ1n) is 9.28. The summed E-state index contributed by atoms with van der Waals surface area (Å²) in [6, 6.07) is 16.2. The van der Waals surface area contributed by atoms with Crippen molar-refractivity contribution in [1.82, 2.24) is 4.90 Å². The Hall–Kier alpha value is -2.07. The number of nitrogens with zero attached hydrogens (tertiary/aromatic N) is 1. The third-order valence-corrected chi connectivity index (χ3v) is 6.18. The molecule has 2 atom stereocenters. The molecule has 1 amide bonds. The highest BCUT2D eigenvalue weighted by molar-refractivity contribution is 9.10. The van der Waals surface area contributed by atoms with E-state index in [0.29, 0.717) is 13.0 Å². The van der Waals surface area contributed by atoms with Gasteiger partial charge in [0, 0.05) is 23.9 Å². The Balaban J connectivity index is 1.85. The summed E-state index contributed by atoms with van der Waals surface area (Å²) < 4.78 is 7.17. The minimum absolute atomic E-state index is 0.0390. The van der Waals surface area contributed by atoms with Crippen LogP contribution in [0.5, 0.6) is 0 Å². The van der Waals surface area contributed by atoms with Crippen molar-refractivity contribution in [2.45, 2.75) is 45.3 Å². The first kappa shape index (κ1) is 19.7. The lowest BCUT2D eigenvalue weighted by Gasteiger charge is -2.43. The maximum atomic E-state index is 13.0. The minimum atomic E-state index is -0.629. The molecule has 3 rings (SSSR count). The van der Waals surface area contributed by atoms with Crippen LogP contribution in [0.15, 0.2) is 65.2 Å². The van der Waals surface area contributed by atoms with Gasteiger partial charge < -0.3 is 9.64 Å². The zero-order chi connectivity index (χ0) is 19.6. The number of carbonyl (C=O) groups excluding carboxylic acids is 1. The largest absolute Gasteiger partial charge is 0.437 e. The van der Waals surface area contributed by atoms with Crippen LogP contribution < -0.4 is 0 Å². The maximum Gasteiger partial charge on any atom is 0.411 e. The number of aryl methyl sites for hydroxylation is 1. The predicted octanol–water partition coefficient (Wildman–Crippen LogP) is 6.52. The number of ether oxygens (including phenoxy) is 1. The van der Waals surface area contributed by atoms with E-state index >= 15 is 0 Å². The van der Waals surface area contributed by atoms with Gasteiger partial charge in [0.15, 0.2) is 0 Å². The number of benzene rings is 2. The van der Waals surface area contributed by atoms with E-state index in [4.69, 9.17) is 4.74 Å². The van der Waals surface area contributed by atoms with Crippen molar-refractivity contribution < 1.29 is 9.53 Å². The van der Waals surface area contributed by atoms with Crippen molar-refractivity contribution in [1.29, 1.82) is 0 Å². The van der Waals surface area contributed by atoms with Gasteiger partial charge in [-0.15, -0.1) is 0 Å². The molecule has 0 aromatic heterocycles. The summed E-state index contributed by atoms with van der Waals surface area (Å²) in [6.45, 7) is 10.8. The van der Waals surface area contributed by atoms with E-state index in [1.54, 1.807) is 0 Å². The highest BCUT2D eigenvalue weighted by atomic mass is 79.9. The van der Waals surface area contributed by atoms with Gasteiger partial charge in [0.2, 0.25) is 0 Å². The first-order chi connectivity index (χ1) is 12.8. The molecular formula is C23H26BrNO2. The molecule has 1 fully saturated rings. The fourth-order valence-electron chi connectivity index (χ4n) is 3.79. The molecule has 2 aromatic rings. The number of hydrogen-bond donors (Lipinski definition) is 0. The molecule has 1 saturated heterocycles. The molecule has 0 N–H and O–H groups in total. The third-order valence-electron chi connectivity index (χ3n) is 5.29. The van der Waals surface area contributed by atoms with Crippen molar-refractivity contribution in [3.63, 3.8) is 0 Å². The third kappa shape index (κ3) is 4.11. The molecule has 1 aliphatic rings. The second-order valence-corrected chi connectivity index (χ2v) is 8.34. The monoisotopic (exact) mass is 427 g/mol. The molecular weight excluding hydrogens is 402 g/mol. The van der Waals surface area contributed by atoms with E-state index in [1.807, 2.05) is 48.2 Å². The van der Waals surface area contributed by atoms with Gasteiger partial charge in [-0.2, -0.15) is 0 Å². The molecule has 0 spiro atoms. The molecule has 0 bridgehead atoms. The molecule has 0 saturated carbocycles. The second kappa shape index (κ2) is 7.89. The Bertz CT molecular complexity index is 849. The fraction of sp³-hybridized carbons (Fsp3) is 0.348. The van der Waals surface area contributed by atoms with Crippen LogP contribution in [0.3, 0.4) is 0 Å². The smallest absolute Gasteiger partial charge is 0.411 e. The average molecular weight is 428 g/mol. The molecule has 0 unspecified atom stereocenters. The van der Waals surface area contributed by atoms with Crippen molar-refractivity contribution in [3.8, 4) is 0 Å². The Morgan fingerprint density at radius 2 is 2.00 bits per heavy atom. The van der Waals surface area contributed by atoms with Gasteiger partial charge in [-0.3, -0.25) is 0 Å². The molecule has 1 aliphatic heterocycles. The Kier molecular flexibility index (Phi) is 5.75. The topological polar surface area (TPSA) is 29.5 Å². The summed E-state index contributed by atoms with van der Waals surface area (Å²) in [5.41, 5.74) is 3.69. The summed E-state index contributed by atoms with van der Waals surface area (Å²) in [6.07, 6.45) is 1.12. The number of cyclic esters (lactones) is 1. The molecule has 1 heterocycles. The van der Waals surface area contributed by atoms with Gasteiger partial charge in [0.05, 0.1) is 6.04 Å². The lowest BCUT2D eigenvalue weighted by molar-refractivity contribution is -0.0602. The molecule has 0 radical (unpaired) electrons. The molecule has 0 aliphatic carbocycles. The van der Waals surface area contributed by atoms with E-state index in [0.717, 1.165) is 33.2 Å². The van der Waals surface area contributed by atoms with Gasteiger partial charge in [-0.1, -0.05) is 70.5 Å². The molecule has 2 aromatic carbocycles. The van der Waals surface area contributed by atoms with E-state index in [2.05, 4.69) is 48.5 Å². The maximum absolute atomic E-state index is 13.0. The summed E-state index contributed by atoms with van der Waals surface area (Å²) in [5.74, 6) is 0. The SMILES string of the molecule is C=C(C)C[C@]1(c2ccccc2)CCN([C@@H](C)c2ccc(Br)c(C)c2)C(=O)O1. The van der Waals surface area contributed by atoms with Crippen molar-refractivity contribution >= 4 is 22.0 Å². The van der Waals surface area contributed by atoms with Gasteiger partial charge in [0.1, 0.15) is 5.60 Å². The lowest BCUT2D eigenvalue weighted by Crippen LogP contribution is -2.48. The number of rotatable bonds is 5. The normalized spacial score (nSPS) is 20.9. The quantitative estimate of drug-likeness (QED) is 0.508. The van der Waals surface area contributed by atoms with Gasteiger partial charge in [0.25, 0.3) is 0 Å². The first-order valence-corrected chi connectivity index (χ1v) is 10.1.